The first-order chi connectivity index (χ1) is 5.38. The van der Waals surface area contributed by atoms with E-state index >= 15 is 0 Å². The van der Waals surface area contributed by atoms with Gasteiger partial charge >= 0.3 is 0 Å². The van der Waals surface area contributed by atoms with Crippen LogP contribution in [0, 0.1) is 0 Å². The van der Waals surface area contributed by atoms with Gasteiger partial charge in [-0.05, 0) is 12.8 Å². The summed E-state index contributed by atoms with van der Waals surface area (Å²) in [5.41, 5.74) is 0. The van der Waals surface area contributed by atoms with E-state index in [4.69, 9.17) is 9.47 Å². The number of ether oxygens (including phenoxy) is 2. The quantitative estimate of drug-likeness (QED) is 0.602. The van der Waals surface area contributed by atoms with Gasteiger partial charge in [-0.25, -0.2) is 0 Å². The minimum Gasteiger partial charge on any atom is -0.383 e. The van der Waals surface area contributed by atoms with Crippen LogP contribution in [0.2, 0.25) is 0 Å². The molecular formula is C8H17NO2. The summed E-state index contributed by atoms with van der Waals surface area (Å²) in [6.07, 6.45) is 2.52. The molecule has 0 aromatic rings. The van der Waals surface area contributed by atoms with E-state index in [0.717, 1.165) is 19.9 Å². The lowest BCUT2D eigenvalue weighted by Crippen LogP contribution is -2.34. The minimum atomic E-state index is 0.583. The fourth-order valence-corrected chi connectivity index (χ4v) is 1.61. The number of rotatable bonds is 4. The second-order valence-corrected chi connectivity index (χ2v) is 2.98. The number of hydrogen-bond acceptors (Lipinski definition) is 3. The average molecular weight is 159 g/mol. The maximum absolute atomic E-state index is 5.11. The molecule has 1 atom stereocenters. The minimum absolute atomic E-state index is 0.583. The molecule has 66 valence electrons. The van der Waals surface area contributed by atoms with Gasteiger partial charge in [0.1, 0.15) is 0 Å². The summed E-state index contributed by atoms with van der Waals surface area (Å²) in [6, 6.07) is 0.583. The normalized spacial score (nSPS) is 26.2. The Morgan fingerprint density at radius 1 is 1.36 bits per heavy atom. The van der Waals surface area contributed by atoms with Gasteiger partial charge in [0.2, 0.25) is 0 Å². The van der Waals surface area contributed by atoms with Crippen molar-refractivity contribution in [1.29, 1.82) is 0 Å². The van der Waals surface area contributed by atoms with Crippen LogP contribution in [0.15, 0.2) is 0 Å². The molecular weight excluding hydrogens is 142 g/mol. The summed E-state index contributed by atoms with van der Waals surface area (Å²) < 4.78 is 10.2. The molecule has 0 aromatic heterocycles. The van der Waals surface area contributed by atoms with E-state index < -0.39 is 0 Å². The van der Waals surface area contributed by atoms with Crippen molar-refractivity contribution < 1.29 is 9.47 Å². The second kappa shape index (κ2) is 4.70. The van der Waals surface area contributed by atoms with Gasteiger partial charge in [-0.3, -0.25) is 4.90 Å². The largest absolute Gasteiger partial charge is 0.383 e. The van der Waals surface area contributed by atoms with Crippen LogP contribution in [-0.2, 0) is 9.47 Å². The lowest BCUT2D eigenvalue weighted by Gasteiger charge is -2.22. The highest BCUT2D eigenvalue weighted by molar-refractivity contribution is 4.76. The number of nitrogens with zero attached hydrogens (tertiary/aromatic N) is 1. The van der Waals surface area contributed by atoms with E-state index in [2.05, 4.69) is 4.90 Å². The van der Waals surface area contributed by atoms with Crippen LogP contribution in [0.5, 0.6) is 0 Å². The summed E-state index contributed by atoms with van der Waals surface area (Å²) in [4.78, 5) is 2.32. The molecule has 0 unspecified atom stereocenters. The highest BCUT2D eigenvalue weighted by Crippen LogP contribution is 2.16. The van der Waals surface area contributed by atoms with Crippen molar-refractivity contribution in [1.82, 2.24) is 4.90 Å². The molecule has 0 spiro atoms. The van der Waals surface area contributed by atoms with Gasteiger partial charge in [0, 0.05) is 26.8 Å². The van der Waals surface area contributed by atoms with E-state index in [0.29, 0.717) is 6.04 Å². The van der Waals surface area contributed by atoms with Crippen molar-refractivity contribution >= 4 is 0 Å². The standard InChI is InChI=1S/C8H17NO2/c1-10-6-8-4-3-5-9(8)7-11-2/h8H,3-7H2,1-2H3/t8-/m0/s1. The molecule has 0 saturated carbocycles. The monoisotopic (exact) mass is 159 g/mol. The molecule has 1 fully saturated rings. The van der Waals surface area contributed by atoms with Crippen LogP contribution < -0.4 is 0 Å². The summed E-state index contributed by atoms with van der Waals surface area (Å²) in [5.74, 6) is 0. The van der Waals surface area contributed by atoms with Crippen molar-refractivity contribution in [3.8, 4) is 0 Å². The molecule has 1 rings (SSSR count). The summed E-state index contributed by atoms with van der Waals surface area (Å²) in [5, 5.41) is 0. The molecule has 0 aliphatic carbocycles. The van der Waals surface area contributed by atoms with E-state index in [1.807, 2.05) is 0 Å². The molecule has 0 amide bonds. The lowest BCUT2D eigenvalue weighted by molar-refractivity contribution is 0.0275. The van der Waals surface area contributed by atoms with E-state index in [9.17, 15) is 0 Å². The number of methoxy groups -OCH3 is 2. The van der Waals surface area contributed by atoms with Crippen molar-refractivity contribution in [2.24, 2.45) is 0 Å². The topological polar surface area (TPSA) is 21.7 Å². The van der Waals surface area contributed by atoms with E-state index in [1.165, 1.54) is 12.8 Å². The SMILES string of the molecule is COC[C@@H]1CCCN1COC. The predicted molar refractivity (Wildman–Crippen MR) is 43.5 cm³/mol. The molecule has 1 saturated heterocycles. The molecule has 0 radical (unpaired) electrons. The molecule has 3 heteroatoms. The van der Waals surface area contributed by atoms with Gasteiger partial charge in [0.15, 0.2) is 0 Å². The number of likely N-dealkylation sites (tertiary alicyclic amines) is 1. The van der Waals surface area contributed by atoms with Gasteiger partial charge in [-0.15, -0.1) is 0 Å². The Kier molecular flexibility index (Phi) is 3.83. The van der Waals surface area contributed by atoms with E-state index in [1.54, 1.807) is 14.2 Å². The molecule has 0 aromatic carbocycles. The van der Waals surface area contributed by atoms with Gasteiger partial charge < -0.3 is 9.47 Å². The Morgan fingerprint density at radius 2 is 2.18 bits per heavy atom. The smallest absolute Gasteiger partial charge is 0.0989 e. The van der Waals surface area contributed by atoms with Crippen LogP contribution in [0.3, 0.4) is 0 Å². The first kappa shape index (κ1) is 8.97. The lowest BCUT2D eigenvalue weighted by atomic mass is 10.2. The molecule has 0 bridgehead atoms. The highest BCUT2D eigenvalue weighted by atomic mass is 16.5. The van der Waals surface area contributed by atoms with Crippen LogP contribution >= 0.6 is 0 Å². The third-order valence-electron chi connectivity index (χ3n) is 2.15. The Balaban J connectivity index is 2.25. The van der Waals surface area contributed by atoms with Crippen molar-refractivity contribution in [3.63, 3.8) is 0 Å². The Bertz CT molecular complexity index is 96.3. The third kappa shape index (κ3) is 2.43. The van der Waals surface area contributed by atoms with Crippen molar-refractivity contribution in [2.75, 3.05) is 34.1 Å². The van der Waals surface area contributed by atoms with Crippen LogP contribution in [-0.4, -0.2) is 45.0 Å². The average Bonchev–Trinajstić information content (AvgIpc) is 2.39. The first-order valence-electron chi connectivity index (χ1n) is 4.10. The maximum atomic E-state index is 5.11. The Hall–Kier alpha value is -0.120. The molecule has 1 heterocycles. The zero-order valence-electron chi connectivity index (χ0n) is 7.38. The van der Waals surface area contributed by atoms with Crippen LogP contribution in [0.25, 0.3) is 0 Å². The molecule has 3 nitrogen and oxygen atoms in total. The van der Waals surface area contributed by atoms with Gasteiger partial charge in [-0.2, -0.15) is 0 Å². The highest BCUT2D eigenvalue weighted by Gasteiger charge is 2.23. The van der Waals surface area contributed by atoms with E-state index in [-0.39, 0.29) is 0 Å². The van der Waals surface area contributed by atoms with Crippen molar-refractivity contribution in [2.45, 2.75) is 18.9 Å². The number of hydrogen-bond donors (Lipinski definition) is 0. The van der Waals surface area contributed by atoms with Crippen molar-refractivity contribution in [3.05, 3.63) is 0 Å². The molecule has 11 heavy (non-hydrogen) atoms. The zero-order chi connectivity index (χ0) is 8.10. The fourth-order valence-electron chi connectivity index (χ4n) is 1.61. The zero-order valence-corrected chi connectivity index (χ0v) is 7.38. The summed E-state index contributed by atoms with van der Waals surface area (Å²) >= 11 is 0. The predicted octanol–water partition coefficient (Wildman–Crippen LogP) is 0.701. The Labute approximate surface area is 68.3 Å². The summed E-state index contributed by atoms with van der Waals surface area (Å²) in [6.45, 7) is 2.74. The maximum Gasteiger partial charge on any atom is 0.0989 e. The van der Waals surface area contributed by atoms with Gasteiger partial charge in [0.05, 0.1) is 13.3 Å². The van der Waals surface area contributed by atoms with Crippen LogP contribution in [0.4, 0.5) is 0 Å². The second-order valence-electron chi connectivity index (χ2n) is 2.98. The summed E-state index contributed by atoms with van der Waals surface area (Å²) in [7, 11) is 3.49. The fraction of sp³-hybridized carbons (Fsp3) is 1.00. The molecule has 1 aliphatic rings. The van der Waals surface area contributed by atoms with Gasteiger partial charge in [-0.1, -0.05) is 0 Å². The van der Waals surface area contributed by atoms with Crippen LogP contribution in [0.1, 0.15) is 12.8 Å². The Morgan fingerprint density at radius 3 is 2.82 bits per heavy atom. The third-order valence-corrected chi connectivity index (χ3v) is 2.15. The molecule has 0 N–H and O–H groups in total. The van der Waals surface area contributed by atoms with Gasteiger partial charge in [0.25, 0.3) is 0 Å². The first-order valence-corrected chi connectivity index (χ1v) is 4.10. The molecule has 1 aliphatic heterocycles.